The first-order valence-electron chi connectivity index (χ1n) is 5.57. The minimum Gasteiger partial charge on any atom is -0.353 e. The van der Waals surface area contributed by atoms with Crippen molar-refractivity contribution in [1.82, 2.24) is 15.1 Å². The van der Waals surface area contributed by atoms with Crippen molar-refractivity contribution in [2.45, 2.75) is 45.7 Å². The summed E-state index contributed by atoms with van der Waals surface area (Å²) in [6.45, 7) is 4.61. The number of aryl methyl sites for hydroxylation is 2. The smallest absolute Gasteiger partial charge is 0.222 e. The molecular formula is C11H16BrN3O. The van der Waals surface area contributed by atoms with Crippen LogP contribution in [-0.2, 0) is 11.3 Å². The summed E-state index contributed by atoms with van der Waals surface area (Å²) < 4.78 is 2.92. The zero-order valence-corrected chi connectivity index (χ0v) is 11.2. The molecule has 1 saturated carbocycles. The van der Waals surface area contributed by atoms with Gasteiger partial charge in [0.2, 0.25) is 5.91 Å². The minimum absolute atomic E-state index is 0.131. The Kier molecular flexibility index (Phi) is 3.33. The number of halogens is 1. The number of carbonyl (C=O) groups is 1. The van der Waals surface area contributed by atoms with Gasteiger partial charge in [0.1, 0.15) is 0 Å². The molecule has 0 unspecified atom stereocenters. The lowest BCUT2D eigenvalue weighted by atomic mass is 10.3. The predicted molar refractivity (Wildman–Crippen MR) is 65.2 cm³/mol. The van der Waals surface area contributed by atoms with Gasteiger partial charge < -0.3 is 5.32 Å². The molecule has 5 heteroatoms. The van der Waals surface area contributed by atoms with Crippen LogP contribution in [0, 0.1) is 13.8 Å². The van der Waals surface area contributed by atoms with Gasteiger partial charge in [-0.1, -0.05) is 0 Å². The van der Waals surface area contributed by atoms with Crippen LogP contribution in [0.4, 0.5) is 0 Å². The molecule has 16 heavy (non-hydrogen) atoms. The fraction of sp³-hybridized carbons (Fsp3) is 0.636. The number of rotatable bonds is 4. The lowest BCUT2D eigenvalue weighted by Gasteiger charge is -2.05. The molecule has 1 aromatic heterocycles. The molecule has 0 spiro atoms. The molecule has 1 N–H and O–H groups in total. The summed E-state index contributed by atoms with van der Waals surface area (Å²) >= 11 is 3.47. The molecule has 0 aromatic carbocycles. The van der Waals surface area contributed by atoms with E-state index in [2.05, 4.69) is 26.3 Å². The minimum atomic E-state index is 0.131. The molecule has 4 nitrogen and oxygen atoms in total. The third kappa shape index (κ3) is 2.64. The Morgan fingerprint density at radius 1 is 1.56 bits per heavy atom. The van der Waals surface area contributed by atoms with Crippen LogP contribution in [0.2, 0.25) is 0 Å². The molecule has 0 bridgehead atoms. The second-order valence-corrected chi connectivity index (χ2v) is 5.09. The van der Waals surface area contributed by atoms with E-state index in [1.54, 1.807) is 0 Å². The van der Waals surface area contributed by atoms with Crippen LogP contribution >= 0.6 is 15.9 Å². The van der Waals surface area contributed by atoms with Crippen LogP contribution in [0.15, 0.2) is 4.47 Å². The molecule has 0 radical (unpaired) electrons. The highest BCUT2D eigenvalue weighted by Gasteiger charge is 2.23. The van der Waals surface area contributed by atoms with Gasteiger partial charge in [-0.2, -0.15) is 5.10 Å². The van der Waals surface area contributed by atoms with Gasteiger partial charge in [-0.05, 0) is 42.6 Å². The Hall–Kier alpha value is -0.840. The number of hydrogen-bond donors (Lipinski definition) is 1. The van der Waals surface area contributed by atoms with Gasteiger partial charge in [0, 0.05) is 18.2 Å². The first-order valence-corrected chi connectivity index (χ1v) is 6.36. The van der Waals surface area contributed by atoms with Crippen molar-refractivity contribution in [2.75, 3.05) is 0 Å². The summed E-state index contributed by atoms with van der Waals surface area (Å²) in [6.07, 6.45) is 2.78. The van der Waals surface area contributed by atoms with Gasteiger partial charge in [0.15, 0.2) is 0 Å². The molecule has 1 heterocycles. The monoisotopic (exact) mass is 285 g/mol. The summed E-state index contributed by atoms with van der Waals surface area (Å²) in [6, 6.07) is 0.444. The SMILES string of the molecule is Cc1nn(CCC(=O)NC2CC2)c(C)c1Br. The highest BCUT2D eigenvalue weighted by molar-refractivity contribution is 9.10. The Morgan fingerprint density at radius 2 is 2.25 bits per heavy atom. The highest BCUT2D eigenvalue weighted by atomic mass is 79.9. The van der Waals surface area contributed by atoms with Gasteiger partial charge >= 0.3 is 0 Å². The third-order valence-electron chi connectivity index (χ3n) is 2.79. The second kappa shape index (κ2) is 4.57. The van der Waals surface area contributed by atoms with Crippen molar-refractivity contribution in [1.29, 1.82) is 0 Å². The first kappa shape index (κ1) is 11.6. The predicted octanol–water partition coefficient (Wildman–Crippen LogP) is 1.93. The molecular weight excluding hydrogens is 270 g/mol. The molecule has 88 valence electrons. The summed E-state index contributed by atoms with van der Waals surface area (Å²) in [4.78, 5) is 11.5. The van der Waals surface area contributed by atoms with E-state index in [0.29, 0.717) is 19.0 Å². The van der Waals surface area contributed by atoms with E-state index in [1.165, 1.54) is 0 Å². The highest BCUT2D eigenvalue weighted by Crippen LogP contribution is 2.20. The molecule has 0 aliphatic heterocycles. The number of nitrogens with zero attached hydrogens (tertiary/aromatic N) is 2. The van der Waals surface area contributed by atoms with Crippen molar-refractivity contribution in [2.24, 2.45) is 0 Å². The molecule has 1 amide bonds. The third-order valence-corrected chi connectivity index (χ3v) is 3.93. The van der Waals surface area contributed by atoms with Gasteiger partial charge in [-0.15, -0.1) is 0 Å². The zero-order valence-electron chi connectivity index (χ0n) is 9.59. The van der Waals surface area contributed by atoms with E-state index >= 15 is 0 Å². The van der Waals surface area contributed by atoms with Crippen molar-refractivity contribution in [3.63, 3.8) is 0 Å². The fourth-order valence-corrected chi connectivity index (χ4v) is 1.91. The maximum Gasteiger partial charge on any atom is 0.222 e. The maximum absolute atomic E-state index is 11.5. The molecule has 0 saturated heterocycles. The normalized spacial score (nSPS) is 15.2. The molecule has 1 aliphatic rings. The van der Waals surface area contributed by atoms with Gasteiger partial charge in [-0.3, -0.25) is 9.48 Å². The Balaban J connectivity index is 1.88. The van der Waals surface area contributed by atoms with E-state index in [0.717, 1.165) is 28.7 Å². The molecule has 0 atom stereocenters. The summed E-state index contributed by atoms with van der Waals surface area (Å²) in [5, 5.41) is 7.34. The van der Waals surface area contributed by atoms with E-state index < -0.39 is 0 Å². The Bertz CT molecular complexity index is 410. The van der Waals surface area contributed by atoms with Crippen LogP contribution in [0.1, 0.15) is 30.7 Å². The van der Waals surface area contributed by atoms with E-state index in [1.807, 2.05) is 18.5 Å². The standard InChI is InChI=1S/C11H16BrN3O/c1-7-11(12)8(2)15(14-7)6-5-10(16)13-9-3-4-9/h9H,3-6H2,1-2H3,(H,13,16). The average molecular weight is 286 g/mol. The molecule has 1 aromatic rings. The molecule has 1 fully saturated rings. The van der Waals surface area contributed by atoms with Crippen molar-refractivity contribution in [3.8, 4) is 0 Å². The van der Waals surface area contributed by atoms with Crippen molar-refractivity contribution in [3.05, 3.63) is 15.9 Å². The van der Waals surface area contributed by atoms with Crippen LogP contribution in [0.25, 0.3) is 0 Å². The fourth-order valence-electron chi connectivity index (χ4n) is 1.63. The maximum atomic E-state index is 11.5. The van der Waals surface area contributed by atoms with Gasteiger partial charge in [-0.25, -0.2) is 0 Å². The largest absolute Gasteiger partial charge is 0.353 e. The quantitative estimate of drug-likeness (QED) is 0.919. The summed E-state index contributed by atoms with van der Waals surface area (Å²) in [7, 11) is 0. The first-order chi connectivity index (χ1) is 7.58. The lowest BCUT2D eigenvalue weighted by Crippen LogP contribution is -2.26. The Morgan fingerprint density at radius 3 is 2.75 bits per heavy atom. The van der Waals surface area contributed by atoms with Crippen LogP contribution in [0.5, 0.6) is 0 Å². The average Bonchev–Trinajstić information content (AvgIpc) is 3.01. The van der Waals surface area contributed by atoms with Crippen LogP contribution in [0.3, 0.4) is 0 Å². The summed E-state index contributed by atoms with van der Waals surface area (Å²) in [5.74, 6) is 0.131. The lowest BCUT2D eigenvalue weighted by molar-refractivity contribution is -0.121. The number of hydrogen-bond acceptors (Lipinski definition) is 2. The van der Waals surface area contributed by atoms with Crippen molar-refractivity contribution >= 4 is 21.8 Å². The van der Waals surface area contributed by atoms with Crippen LogP contribution in [-0.4, -0.2) is 21.7 Å². The number of carbonyl (C=O) groups excluding carboxylic acids is 1. The van der Waals surface area contributed by atoms with E-state index in [9.17, 15) is 4.79 Å². The van der Waals surface area contributed by atoms with Gasteiger partial charge in [0.25, 0.3) is 0 Å². The summed E-state index contributed by atoms with van der Waals surface area (Å²) in [5.41, 5.74) is 2.05. The zero-order chi connectivity index (χ0) is 11.7. The van der Waals surface area contributed by atoms with E-state index in [4.69, 9.17) is 0 Å². The number of amides is 1. The number of aromatic nitrogens is 2. The molecule has 1 aliphatic carbocycles. The second-order valence-electron chi connectivity index (χ2n) is 4.30. The molecule has 2 rings (SSSR count). The topological polar surface area (TPSA) is 46.9 Å². The van der Waals surface area contributed by atoms with Crippen LogP contribution < -0.4 is 5.32 Å². The van der Waals surface area contributed by atoms with E-state index in [-0.39, 0.29) is 5.91 Å². The Labute approximate surface area is 104 Å². The van der Waals surface area contributed by atoms with Crippen molar-refractivity contribution < 1.29 is 4.79 Å². The van der Waals surface area contributed by atoms with Gasteiger partial charge in [0.05, 0.1) is 16.7 Å². The number of nitrogens with one attached hydrogen (secondary N) is 1.